The second-order valence-corrected chi connectivity index (χ2v) is 3.85. The van der Waals surface area contributed by atoms with Crippen LogP contribution >= 0.6 is 0 Å². The predicted molar refractivity (Wildman–Crippen MR) is 57.7 cm³/mol. The number of hydrogen-bond acceptors (Lipinski definition) is 1. The summed E-state index contributed by atoms with van der Waals surface area (Å²) in [6.45, 7) is 3.63. The summed E-state index contributed by atoms with van der Waals surface area (Å²) >= 11 is 0. The molecule has 0 saturated heterocycles. The van der Waals surface area contributed by atoms with E-state index in [1.54, 1.807) is 0 Å². The molecule has 0 aromatic carbocycles. The van der Waals surface area contributed by atoms with Gasteiger partial charge in [-0.05, 0) is 18.9 Å². The molecule has 0 radical (unpaired) electrons. The van der Waals surface area contributed by atoms with Crippen LogP contribution in [0.15, 0.2) is 28.4 Å². The van der Waals surface area contributed by atoms with Gasteiger partial charge in [0.2, 0.25) is 0 Å². The van der Waals surface area contributed by atoms with E-state index in [9.17, 15) is 39.5 Å². The minimum atomic E-state index is -5.48. The number of allylic oxidation sites excluding steroid dienone is 3. The van der Waals surface area contributed by atoms with Gasteiger partial charge in [-0.25, -0.2) is 4.99 Å². The van der Waals surface area contributed by atoms with Gasteiger partial charge in [0, 0.05) is 0 Å². The van der Waals surface area contributed by atoms with Gasteiger partial charge in [-0.1, -0.05) is 13.5 Å². The summed E-state index contributed by atoms with van der Waals surface area (Å²) in [5, 5.41) is 0. The number of hydrogen-bond donors (Lipinski definition) is 0. The van der Waals surface area contributed by atoms with E-state index in [0.29, 0.717) is 0 Å². The molecular weight excluding hydrogens is 317 g/mol. The van der Waals surface area contributed by atoms with Crippen LogP contribution in [0.25, 0.3) is 0 Å². The molecule has 0 bridgehead atoms. The van der Waals surface area contributed by atoms with Crippen LogP contribution < -0.4 is 0 Å². The second-order valence-electron chi connectivity index (χ2n) is 3.85. The van der Waals surface area contributed by atoms with E-state index in [1.165, 1.54) is 0 Å². The van der Waals surface area contributed by atoms with Crippen molar-refractivity contribution < 1.29 is 39.5 Å². The third-order valence-electron chi connectivity index (χ3n) is 2.30. The molecule has 0 aliphatic carbocycles. The topological polar surface area (TPSA) is 12.4 Å². The Hall–Kier alpha value is -1.48. The van der Waals surface area contributed by atoms with Crippen molar-refractivity contribution in [3.8, 4) is 0 Å². The molecule has 0 fully saturated rings. The third-order valence-corrected chi connectivity index (χ3v) is 2.30. The van der Waals surface area contributed by atoms with Crippen molar-refractivity contribution in [1.29, 1.82) is 0 Å². The molecule has 0 amide bonds. The third kappa shape index (κ3) is 5.43. The Labute approximate surface area is 113 Å². The van der Waals surface area contributed by atoms with Crippen molar-refractivity contribution in [3.05, 3.63) is 23.4 Å². The van der Waals surface area contributed by atoms with Crippen LogP contribution in [0.3, 0.4) is 0 Å². The van der Waals surface area contributed by atoms with Crippen LogP contribution in [-0.4, -0.2) is 24.2 Å². The number of rotatable bonds is 3. The number of halogens is 9. The Morgan fingerprint density at radius 1 is 0.857 bits per heavy atom. The smallest absolute Gasteiger partial charge is 0.243 e. The minimum absolute atomic E-state index is 0.232. The summed E-state index contributed by atoms with van der Waals surface area (Å²) in [5.41, 5.74) is -7.47. The quantitative estimate of drug-likeness (QED) is 0.376. The highest BCUT2D eigenvalue weighted by atomic mass is 19.4. The van der Waals surface area contributed by atoms with Crippen molar-refractivity contribution >= 4 is 5.71 Å². The van der Waals surface area contributed by atoms with Gasteiger partial charge in [-0.2, -0.15) is 39.5 Å². The highest BCUT2D eigenvalue weighted by molar-refractivity contribution is 5.88. The summed E-state index contributed by atoms with van der Waals surface area (Å²) in [6.07, 6.45) is -16.7. The van der Waals surface area contributed by atoms with Crippen LogP contribution in [0.5, 0.6) is 0 Å². The predicted octanol–water partition coefficient (Wildman–Crippen LogP) is 5.35. The Kier molecular flexibility index (Phi) is 5.67. The van der Waals surface area contributed by atoms with Crippen molar-refractivity contribution in [2.45, 2.75) is 38.8 Å². The van der Waals surface area contributed by atoms with Crippen molar-refractivity contribution in [2.75, 3.05) is 0 Å². The van der Waals surface area contributed by atoms with Crippen LogP contribution in [0.2, 0.25) is 0 Å². The van der Waals surface area contributed by atoms with E-state index < -0.39 is 47.5 Å². The second kappa shape index (κ2) is 6.10. The van der Waals surface area contributed by atoms with Crippen LogP contribution in [-0.2, 0) is 0 Å². The zero-order valence-electron chi connectivity index (χ0n) is 10.8. The number of aliphatic imine (C=N–C) groups is 1. The van der Waals surface area contributed by atoms with Gasteiger partial charge in [0.25, 0.3) is 0 Å². The lowest BCUT2D eigenvalue weighted by atomic mass is 10.0. The largest absolute Gasteiger partial charge is 0.433 e. The van der Waals surface area contributed by atoms with Gasteiger partial charge in [0.15, 0.2) is 0 Å². The standard InChI is InChI=1S/C11H10F9N/c1-4-7(5(2)9(12,13)14)8(11(18,19)20)21-6(3)10(15,16)17/h2,4H2,1,3H3/b8-7-,21-6+. The maximum Gasteiger partial charge on any atom is 0.433 e. The zero-order chi connectivity index (χ0) is 17.2. The highest BCUT2D eigenvalue weighted by Crippen LogP contribution is 2.39. The van der Waals surface area contributed by atoms with E-state index >= 15 is 0 Å². The zero-order valence-corrected chi connectivity index (χ0v) is 10.8. The molecule has 0 aliphatic heterocycles. The molecule has 0 heterocycles. The Morgan fingerprint density at radius 2 is 1.29 bits per heavy atom. The minimum Gasteiger partial charge on any atom is -0.243 e. The van der Waals surface area contributed by atoms with Crippen molar-refractivity contribution in [2.24, 2.45) is 4.99 Å². The Bertz CT molecular complexity index is 460. The molecule has 10 heteroatoms. The van der Waals surface area contributed by atoms with E-state index in [4.69, 9.17) is 0 Å². The maximum atomic E-state index is 12.7. The fraction of sp³-hybridized carbons (Fsp3) is 0.545. The van der Waals surface area contributed by atoms with Crippen molar-refractivity contribution in [3.63, 3.8) is 0 Å². The first-order valence-corrected chi connectivity index (χ1v) is 5.31. The summed E-state index contributed by atoms with van der Waals surface area (Å²) in [7, 11) is 0. The average molecular weight is 327 g/mol. The molecule has 0 spiro atoms. The van der Waals surface area contributed by atoms with E-state index in [-0.39, 0.29) is 6.92 Å². The molecular formula is C11H10F9N. The van der Waals surface area contributed by atoms with Crippen LogP contribution in [0, 0.1) is 0 Å². The van der Waals surface area contributed by atoms with Gasteiger partial charge < -0.3 is 0 Å². The SMILES string of the molecule is C=C(/C(CC)=C(\N=C(/C)C(F)(F)F)C(F)(F)F)C(F)(F)F. The Morgan fingerprint density at radius 3 is 1.52 bits per heavy atom. The molecule has 0 aliphatic rings. The molecule has 0 rings (SSSR count). The first-order chi connectivity index (χ1) is 9.12. The highest BCUT2D eigenvalue weighted by Gasteiger charge is 2.43. The summed E-state index contributed by atoms with van der Waals surface area (Å²) in [6, 6.07) is 0. The van der Waals surface area contributed by atoms with E-state index in [0.717, 1.165) is 6.92 Å². The molecule has 0 N–H and O–H groups in total. The van der Waals surface area contributed by atoms with Crippen LogP contribution in [0.1, 0.15) is 20.3 Å². The lowest BCUT2D eigenvalue weighted by molar-refractivity contribution is -0.0983. The molecule has 1 nitrogen and oxygen atoms in total. The maximum absolute atomic E-state index is 12.7. The molecule has 122 valence electrons. The number of alkyl halides is 9. The monoisotopic (exact) mass is 327 g/mol. The molecule has 0 aromatic rings. The van der Waals surface area contributed by atoms with Gasteiger partial charge in [-0.3, -0.25) is 0 Å². The molecule has 0 aromatic heterocycles. The van der Waals surface area contributed by atoms with Gasteiger partial charge in [0.05, 0.1) is 5.57 Å². The number of nitrogens with zero attached hydrogens (tertiary/aromatic N) is 1. The van der Waals surface area contributed by atoms with Crippen LogP contribution in [0.4, 0.5) is 39.5 Å². The lowest BCUT2D eigenvalue weighted by Crippen LogP contribution is -2.24. The molecule has 0 unspecified atom stereocenters. The van der Waals surface area contributed by atoms with Gasteiger partial charge in [0.1, 0.15) is 11.4 Å². The molecule has 0 saturated carbocycles. The molecule has 21 heavy (non-hydrogen) atoms. The van der Waals surface area contributed by atoms with E-state index in [1.807, 2.05) is 0 Å². The lowest BCUT2D eigenvalue weighted by Gasteiger charge is -2.18. The van der Waals surface area contributed by atoms with Gasteiger partial charge in [-0.15, -0.1) is 0 Å². The average Bonchev–Trinajstić information content (AvgIpc) is 2.24. The first kappa shape index (κ1) is 19.5. The van der Waals surface area contributed by atoms with Crippen molar-refractivity contribution in [1.82, 2.24) is 0 Å². The summed E-state index contributed by atoms with van der Waals surface area (Å²) in [4.78, 5) is 2.31. The molecule has 0 atom stereocenters. The normalized spacial score (nSPS) is 15.9. The fourth-order valence-electron chi connectivity index (χ4n) is 1.23. The van der Waals surface area contributed by atoms with E-state index in [2.05, 4.69) is 11.6 Å². The Balaban J connectivity index is 6.27. The summed E-state index contributed by atoms with van der Waals surface area (Å²) < 4.78 is 112. The first-order valence-electron chi connectivity index (χ1n) is 5.31. The summed E-state index contributed by atoms with van der Waals surface area (Å²) in [5.74, 6) is 0. The fourth-order valence-corrected chi connectivity index (χ4v) is 1.23. The van der Waals surface area contributed by atoms with Gasteiger partial charge >= 0.3 is 18.5 Å².